The summed E-state index contributed by atoms with van der Waals surface area (Å²) in [6.07, 6.45) is -1.53. The van der Waals surface area contributed by atoms with Crippen molar-refractivity contribution in [3.8, 4) is 0 Å². The van der Waals surface area contributed by atoms with Gasteiger partial charge in [0.2, 0.25) is 0 Å². The average Bonchev–Trinajstić information content (AvgIpc) is 2.08. The van der Waals surface area contributed by atoms with E-state index in [1.165, 1.54) is 0 Å². The summed E-state index contributed by atoms with van der Waals surface area (Å²) in [7, 11) is 0. The van der Waals surface area contributed by atoms with Crippen LogP contribution in [-0.2, 0) is 4.79 Å². The predicted octanol–water partition coefficient (Wildman–Crippen LogP) is 0.0867. The second-order valence-corrected chi connectivity index (χ2v) is 3.08. The number of carbonyl (C=O) groups excluding carboxylic acids is 1. The highest BCUT2D eigenvalue weighted by atomic mass is 16.4. The number of aliphatic hydroxyl groups excluding tert-OH is 1. The van der Waals surface area contributed by atoms with E-state index in [2.05, 4.69) is 0 Å². The van der Waals surface area contributed by atoms with E-state index < -0.39 is 12.1 Å². The molecule has 1 N–H and O–H groups in total. The van der Waals surface area contributed by atoms with Crippen LogP contribution in [0.15, 0.2) is 18.2 Å². The van der Waals surface area contributed by atoms with Crippen molar-refractivity contribution in [2.24, 2.45) is 0 Å². The van der Waals surface area contributed by atoms with E-state index in [0.717, 1.165) is 11.1 Å². The Balaban J connectivity index is 3.12. The summed E-state index contributed by atoms with van der Waals surface area (Å²) >= 11 is 0. The van der Waals surface area contributed by atoms with Crippen LogP contribution in [0.3, 0.4) is 0 Å². The topological polar surface area (TPSA) is 60.4 Å². The summed E-state index contributed by atoms with van der Waals surface area (Å²) in [6, 6.07) is 5.29. The van der Waals surface area contributed by atoms with E-state index in [0.29, 0.717) is 5.56 Å². The van der Waals surface area contributed by atoms with Crippen LogP contribution in [0.1, 0.15) is 22.8 Å². The Labute approximate surface area is 76.6 Å². The Morgan fingerprint density at radius 1 is 1.46 bits per heavy atom. The van der Waals surface area contributed by atoms with Crippen LogP contribution in [0.25, 0.3) is 0 Å². The van der Waals surface area contributed by atoms with Gasteiger partial charge in [-0.3, -0.25) is 0 Å². The molecule has 0 saturated carbocycles. The third-order valence-electron chi connectivity index (χ3n) is 1.95. The molecule has 0 radical (unpaired) electrons. The van der Waals surface area contributed by atoms with Gasteiger partial charge in [0.05, 0.1) is 5.97 Å². The Bertz CT molecular complexity index is 331. The summed E-state index contributed by atoms with van der Waals surface area (Å²) < 4.78 is 0. The molecule has 70 valence electrons. The van der Waals surface area contributed by atoms with E-state index in [4.69, 9.17) is 0 Å². The van der Waals surface area contributed by atoms with Crippen molar-refractivity contribution < 1.29 is 15.0 Å². The molecule has 0 bridgehead atoms. The minimum absolute atomic E-state index is 0.403. The minimum Gasteiger partial charge on any atom is -0.547 e. The Morgan fingerprint density at radius 3 is 2.62 bits per heavy atom. The molecule has 0 amide bonds. The van der Waals surface area contributed by atoms with Crippen LogP contribution in [0.5, 0.6) is 0 Å². The second kappa shape index (κ2) is 3.58. The van der Waals surface area contributed by atoms with Gasteiger partial charge in [-0.25, -0.2) is 0 Å². The van der Waals surface area contributed by atoms with Gasteiger partial charge in [0, 0.05) is 0 Å². The van der Waals surface area contributed by atoms with Gasteiger partial charge in [0.25, 0.3) is 0 Å². The normalized spacial score (nSPS) is 12.5. The molecule has 1 rings (SSSR count). The second-order valence-electron chi connectivity index (χ2n) is 3.08. The molecule has 0 fully saturated rings. The Hall–Kier alpha value is -1.35. The van der Waals surface area contributed by atoms with Gasteiger partial charge in [0.1, 0.15) is 6.10 Å². The van der Waals surface area contributed by atoms with Crippen molar-refractivity contribution in [3.63, 3.8) is 0 Å². The van der Waals surface area contributed by atoms with Crippen LogP contribution in [0, 0.1) is 13.8 Å². The number of carboxylic acids is 1. The van der Waals surface area contributed by atoms with Crippen LogP contribution >= 0.6 is 0 Å². The van der Waals surface area contributed by atoms with Gasteiger partial charge in [-0.15, -0.1) is 0 Å². The maximum Gasteiger partial charge on any atom is 0.119 e. The molecule has 1 aromatic carbocycles. The largest absolute Gasteiger partial charge is 0.547 e. The van der Waals surface area contributed by atoms with Gasteiger partial charge < -0.3 is 15.0 Å². The molecule has 0 aromatic heterocycles. The van der Waals surface area contributed by atoms with Gasteiger partial charge >= 0.3 is 0 Å². The standard InChI is InChI=1S/C10H12O3/c1-6-3-4-7(2)8(5-6)9(11)10(12)13/h3-5,9,11H,1-2H3,(H,12,13)/p-1/t9-/m0/s1. The molecule has 13 heavy (non-hydrogen) atoms. The number of carbonyl (C=O) groups is 1. The highest BCUT2D eigenvalue weighted by Crippen LogP contribution is 2.18. The molecule has 0 spiro atoms. The van der Waals surface area contributed by atoms with Gasteiger partial charge in [0.15, 0.2) is 0 Å². The maximum absolute atomic E-state index is 10.4. The number of hydrogen-bond acceptors (Lipinski definition) is 3. The number of aryl methyl sites for hydroxylation is 2. The summed E-state index contributed by atoms with van der Waals surface area (Å²) in [5, 5.41) is 19.6. The van der Waals surface area contributed by atoms with Crippen LogP contribution in [-0.4, -0.2) is 11.1 Å². The molecule has 0 heterocycles. The van der Waals surface area contributed by atoms with Gasteiger partial charge in [-0.2, -0.15) is 0 Å². The zero-order valence-corrected chi connectivity index (χ0v) is 7.57. The van der Waals surface area contributed by atoms with Crippen molar-refractivity contribution >= 4 is 5.97 Å². The molecule has 1 aromatic rings. The summed E-state index contributed by atoms with van der Waals surface area (Å²) in [6.45, 7) is 3.59. The summed E-state index contributed by atoms with van der Waals surface area (Å²) in [5.74, 6) is -1.46. The molecular formula is C10H11O3-. The van der Waals surface area contributed by atoms with Crippen molar-refractivity contribution in [2.45, 2.75) is 20.0 Å². The first-order chi connectivity index (χ1) is 6.02. The highest BCUT2D eigenvalue weighted by Gasteiger charge is 2.10. The molecule has 3 nitrogen and oxygen atoms in total. The smallest absolute Gasteiger partial charge is 0.119 e. The first-order valence-corrected chi connectivity index (χ1v) is 3.98. The summed E-state index contributed by atoms with van der Waals surface area (Å²) in [4.78, 5) is 10.4. The third-order valence-corrected chi connectivity index (χ3v) is 1.95. The number of hydrogen-bond donors (Lipinski definition) is 1. The molecule has 0 aliphatic carbocycles. The van der Waals surface area contributed by atoms with E-state index in [9.17, 15) is 15.0 Å². The SMILES string of the molecule is Cc1ccc(C)c([C@H](O)C(=O)[O-])c1. The van der Waals surface area contributed by atoms with E-state index in [1.54, 1.807) is 19.1 Å². The van der Waals surface area contributed by atoms with Crippen molar-refractivity contribution in [3.05, 3.63) is 34.9 Å². The zero-order chi connectivity index (χ0) is 10.0. The highest BCUT2D eigenvalue weighted by molar-refractivity contribution is 5.72. The lowest BCUT2D eigenvalue weighted by atomic mass is 10.0. The lowest BCUT2D eigenvalue weighted by Crippen LogP contribution is -2.29. The van der Waals surface area contributed by atoms with Crippen molar-refractivity contribution in [1.82, 2.24) is 0 Å². The van der Waals surface area contributed by atoms with E-state index in [1.807, 2.05) is 13.0 Å². The minimum atomic E-state index is -1.53. The van der Waals surface area contributed by atoms with E-state index >= 15 is 0 Å². The molecule has 3 heteroatoms. The Kier molecular flexibility index (Phi) is 2.68. The number of rotatable bonds is 2. The zero-order valence-electron chi connectivity index (χ0n) is 7.57. The third kappa shape index (κ3) is 2.06. The van der Waals surface area contributed by atoms with Gasteiger partial charge in [-0.1, -0.05) is 23.8 Å². The first kappa shape index (κ1) is 9.74. The fourth-order valence-corrected chi connectivity index (χ4v) is 1.18. The quantitative estimate of drug-likeness (QED) is 0.699. The monoisotopic (exact) mass is 179 g/mol. The summed E-state index contributed by atoms with van der Waals surface area (Å²) in [5.41, 5.74) is 2.07. The molecule has 1 atom stereocenters. The van der Waals surface area contributed by atoms with Crippen molar-refractivity contribution in [1.29, 1.82) is 0 Å². The van der Waals surface area contributed by atoms with Crippen LogP contribution < -0.4 is 5.11 Å². The lowest BCUT2D eigenvalue weighted by molar-refractivity contribution is -0.315. The molecule has 0 unspecified atom stereocenters. The van der Waals surface area contributed by atoms with Crippen molar-refractivity contribution in [2.75, 3.05) is 0 Å². The first-order valence-electron chi connectivity index (χ1n) is 3.98. The molecular weight excluding hydrogens is 168 g/mol. The Morgan fingerprint density at radius 2 is 2.08 bits per heavy atom. The number of aliphatic carboxylic acids is 1. The molecule has 0 saturated heterocycles. The number of aliphatic hydroxyl groups is 1. The fraction of sp³-hybridized carbons (Fsp3) is 0.300. The van der Waals surface area contributed by atoms with Crippen LogP contribution in [0.4, 0.5) is 0 Å². The van der Waals surface area contributed by atoms with E-state index in [-0.39, 0.29) is 0 Å². The van der Waals surface area contributed by atoms with Gasteiger partial charge in [-0.05, 0) is 25.0 Å². The predicted molar refractivity (Wildman–Crippen MR) is 45.9 cm³/mol. The average molecular weight is 179 g/mol. The fourth-order valence-electron chi connectivity index (χ4n) is 1.18. The molecule has 0 aliphatic rings. The lowest BCUT2D eigenvalue weighted by Gasteiger charge is -2.14. The molecule has 0 aliphatic heterocycles. The number of benzene rings is 1. The number of carboxylic acid groups (broad SMARTS) is 1. The van der Waals surface area contributed by atoms with Crippen LogP contribution in [0.2, 0.25) is 0 Å². The maximum atomic E-state index is 10.4.